The third-order valence-corrected chi connectivity index (χ3v) is 2.64. The Kier molecular flexibility index (Phi) is 4.02. The van der Waals surface area contributed by atoms with E-state index < -0.39 is 0 Å². The van der Waals surface area contributed by atoms with Crippen LogP contribution in [-0.4, -0.2) is 5.11 Å². The second kappa shape index (κ2) is 5.71. The minimum atomic E-state index is 0.0649. The van der Waals surface area contributed by atoms with Crippen molar-refractivity contribution in [3.63, 3.8) is 0 Å². The van der Waals surface area contributed by atoms with Gasteiger partial charge in [-0.2, -0.15) is 0 Å². The standard InChI is InChI=1S/C14H13ClO2/c15-13-2-1-3-14(8-13)17-10-12-6-4-11(9-16)5-7-12/h1-8,16H,9-10H2. The molecule has 2 aromatic carbocycles. The third-order valence-electron chi connectivity index (χ3n) is 2.41. The summed E-state index contributed by atoms with van der Waals surface area (Å²) in [4.78, 5) is 0. The molecular weight excluding hydrogens is 236 g/mol. The Morgan fingerprint density at radius 1 is 1.00 bits per heavy atom. The first-order valence-electron chi connectivity index (χ1n) is 5.35. The van der Waals surface area contributed by atoms with Gasteiger partial charge < -0.3 is 9.84 Å². The summed E-state index contributed by atoms with van der Waals surface area (Å²) in [6, 6.07) is 15.0. The fourth-order valence-corrected chi connectivity index (χ4v) is 1.64. The van der Waals surface area contributed by atoms with Gasteiger partial charge in [0.15, 0.2) is 0 Å². The van der Waals surface area contributed by atoms with Gasteiger partial charge in [-0.05, 0) is 29.3 Å². The average molecular weight is 249 g/mol. The molecule has 0 bridgehead atoms. The molecule has 0 spiro atoms. The summed E-state index contributed by atoms with van der Waals surface area (Å²) >= 11 is 5.86. The van der Waals surface area contributed by atoms with E-state index in [9.17, 15) is 0 Å². The van der Waals surface area contributed by atoms with E-state index in [4.69, 9.17) is 21.4 Å². The number of benzene rings is 2. The molecule has 0 fully saturated rings. The first-order chi connectivity index (χ1) is 8.28. The zero-order chi connectivity index (χ0) is 12.1. The first kappa shape index (κ1) is 12.0. The van der Waals surface area contributed by atoms with E-state index in [1.807, 2.05) is 42.5 Å². The minimum Gasteiger partial charge on any atom is -0.489 e. The molecule has 2 rings (SSSR count). The van der Waals surface area contributed by atoms with E-state index in [-0.39, 0.29) is 6.61 Å². The number of halogens is 1. The summed E-state index contributed by atoms with van der Waals surface area (Å²) in [7, 11) is 0. The van der Waals surface area contributed by atoms with Crippen molar-refractivity contribution in [1.29, 1.82) is 0 Å². The van der Waals surface area contributed by atoms with Crippen LogP contribution in [0.5, 0.6) is 5.75 Å². The van der Waals surface area contributed by atoms with Crippen molar-refractivity contribution in [3.05, 3.63) is 64.7 Å². The quantitative estimate of drug-likeness (QED) is 0.899. The molecule has 0 heterocycles. The van der Waals surface area contributed by atoms with Gasteiger partial charge in [-0.25, -0.2) is 0 Å². The average Bonchev–Trinajstić information content (AvgIpc) is 2.37. The third kappa shape index (κ3) is 3.48. The lowest BCUT2D eigenvalue weighted by molar-refractivity contribution is 0.281. The van der Waals surface area contributed by atoms with Crippen LogP contribution in [-0.2, 0) is 13.2 Å². The van der Waals surface area contributed by atoms with Gasteiger partial charge in [-0.15, -0.1) is 0 Å². The Hall–Kier alpha value is -1.51. The fourth-order valence-electron chi connectivity index (χ4n) is 1.46. The van der Waals surface area contributed by atoms with Crippen molar-refractivity contribution < 1.29 is 9.84 Å². The highest BCUT2D eigenvalue weighted by Crippen LogP contribution is 2.18. The second-order valence-corrected chi connectivity index (χ2v) is 4.16. The molecule has 0 aliphatic heterocycles. The van der Waals surface area contributed by atoms with E-state index in [1.54, 1.807) is 6.07 Å². The molecule has 0 aliphatic rings. The Labute approximate surface area is 105 Å². The van der Waals surface area contributed by atoms with Crippen molar-refractivity contribution in [1.82, 2.24) is 0 Å². The molecule has 88 valence electrons. The van der Waals surface area contributed by atoms with Crippen molar-refractivity contribution in [2.75, 3.05) is 0 Å². The summed E-state index contributed by atoms with van der Waals surface area (Å²) in [6.07, 6.45) is 0. The molecular formula is C14H13ClO2. The largest absolute Gasteiger partial charge is 0.489 e. The zero-order valence-corrected chi connectivity index (χ0v) is 10.0. The van der Waals surface area contributed by atoms with Crippen LogP contribution in [0.3, 0.4) is 0 Å². The van der Waals surface area contributed by atoms with Gasteiger partial charge in [-0.3, -0.25) is 0 Å². The highest BCUT2D eigenvalue weighted by molar-refractivity contribution is 6.30. The van der Waals surface area contributed by atoms with Gasteiger partial charge in [0.25, 0.3) is 0 Å². The zero-order valence-electron chi connectivity index (χ0n) is 9.27. The Bertz CT molecular complexity index is 480. The van der Waals surface area contributed by atoms with Crippen LogP contribution in [0.1, 0.15) is 11.1 Å². The highest BCUT2D eigenvalue weighted by atomic mass is 35.5. The first-order valence-corrected chi connectivity index (χ1v) is 5.73. The monoisotopic (exact) mass is 248 g/mol. The van der Waals surface area contributed by atoms with Gasteiger partial charge in [0.1, 0.15) is 12.4 Å². The molecule has 0 aromatic heterocycles. The molecule has 17 heavy (non-hydrogen) atoms. The SMILES string of the molecule is OCc1ccc(COc2cccc(Cl)c2)cc1. The number of hydrogen-bond donors (Lipinski definition) is 1. The summed E-state index contributed by atoms with van der Waals surface area (Å²) in [6.45, 7) is 0.557. The van der Waals surface area contributed by atoms with Gasteiger partial charge in [0.2, 0.25) is 0 Å². The highest BCUT2D eigenvalue weighted by Gasteiger charge is 1.97. The second-order valence-electron chi connectivity index (χ2n) is 3.72. The van der Waals surface area contributed by atoms with E-state index in [1.165, 1.54) is 0 Å². The molecule has 0 saturated carbocycles. The molecule has 0 unspecified atom stereocenters. The lowest BCUT2D eigenvalue weighted by Crippen LogP contribution is -1.95. The molecule has 0 atom stereocenters. The number of aliphatic hydroxyl groups is 1. The summed E-state index contributed by atoms with van der Waals surface area (Å²) in [5.41, 5.74) is 1.96. The van der Waals surface area contributed by atoms with Crippen LogP contribution in [0.2, 0.25) is 5.02 Å². The Balaban J connectivity index is 1.97. The van der Waals surface area contributed by atoms with Gasteiger partial charge in [-0.1, -0.05) is 41.9 Å². The molecule has 2 nitrogen and oxygen atoms in total. The van der Waals surface area contributed by atoms with Crippen molar-refractivity contribution in [2.24, 2.45) is 0 Å². The predicted octanol–water partition coefficient (Wildman–Crippen LogP) is 3.41. The van der Waals surface area contributed by atoms with Gasteiger partial charge >= 0.3 is 0 Å². The number of ether oxygens (including phenoxy) is 1. The van der Waals surface area contributed by atoms with Crippen molar-refractivity contribution in [3.8, 4) is 5.75 Å². The van der Waals surface area contributed by atoms with Crippen molar-refractivity contribution in [2.45, 2.75) is 13.2 Å². The van der Waals surface area contributed by atoms with Crippen LogP contribution in [0.4, 0.5) is 0 Å². The van der Waals surface area contributed by atoms with Crippen LogP contribution in [0.15, 0.2) is 48.5 Å². The van der Waals surface area contributed by atoms with Crippen LogP contribution in [0, 0.1) is 0 Å². The maximum atomic E-state index is 8.92. The number of aliphatic hydroxyl groups excluding tert-OH is 1. The van der Waals surface area contributed by atoms with E-state index in [0.717, 1.165) is 16.9 Å². The summed E-state index contributed by atoms with van der Waals surface area (Å²) in [5, 5.41) is 9.59. The lowest BCUT2D eigenvalue weighted by atomic mass is 10.1. The Morgan fingerprint density at radius 3 is 2.35 bits per heavy atom. The normalized spacial score (nSPS) is 10.2. The minimum absolute atomic E-state index is 0.0649. The van der Waals surface area contributed by atoms with E-state index in [0.29, 0.717) is 11.6 Å². The molecule has 3 heteroatoms. The molecule has 1 N–H and O–H groups in total. The Morgan fingerprint density at radius 2 is 1.71 bits per heavy atom. The summed E-state index contributed by atoms with van der Waals surface area (Å²) in [5.74, 6) is 0.753. The molecule has 0 amide bonds. The van der Waals surface area contributed by atoms with Crippen LogP contribution >= 0.6 is 11.6 Å². The molecule has 0 aliphatic carbocycles. The number of hydrogen-bond acceptors (Lipinski definition) is 2. The van der Waals surface area contributed by atoms with E-state index >= 15 is 0 Å². The topological polar surface area (TPSA) is 29.5 Å². The smallest absolute Gasteiger partial charge is 0.121 e. The van der Waals surface area contributed by atoms with Gasteiger partial charge in [0.05, 0.1) is 6.61 Å². The van der Waals surface area contributed by atoms with Crippen LogP contribution < -0.4 is 4.74 Å². The molecule has 0 saturated heterocycles. The maximum Gasteiger partial charge on any atom is 0.121 e. The van der Waals surface area contributed by atoms with Crippen molar-refractivity contribution >= 4 is 11.6 Å². The molecule has 2 aromatic rings. The van der Waals surface area contributed by atoms with E-state index in [2.05, 4.69) is 0 Å². The predicted molar refractivity (Wildman–Crippen MR) is 68.1 cm³/mol. The maximum absolute atomic E-state index is 8.92. The lowest BCUT2D eigenvalue weighted by Gasteiger charge is -2.07. The molecule has 0 radical (unpaired) electrons. The van der Waals surface area contributed by atoms with Crippen LogP contribution in [0.25, 0.3) is 0 Å². The fraction of sp³-hybridized carbons (Fsp3) is 0.143. The van der Waals surface area contributed by atoms with Gasteiger partial charge in [0, 0.05) is 5.02 Å². The summed E-state index contributed by atoms with van der Waals surface area (Å²) < 4.78 is 5.60. The number of rotatable bonds is 4.